The van der Waals surface area contributed by atoms with Gasteiger partial charge in [-0.05, 0) is 37.1 Å². The third-order valence-electron chi connectivity index (χ3n) is 4.34. The minimum Gasteiger partial charge on any atom is -0.368 e. The lowest BCUT2D eigenvalue weighted by Crippen LogP contribution is -2.54. The van der Waals surface area contributed by atoms with Crippen LogP contribution in [0.5, 0.6) is 0 Å². The zero-order valence-corrected chi connectivity index (χ0v) is 13.3. The quantitative estimate of drug-likeness (QED) is 0.891. The molecule has 8 heteroatoms. The summed E-state index contributed by atoms with van der Waals surface area (Å²) in [5.41, 5.74) is 5.35. The highest BCUT2D eigenvalue weighted by Crippen LogP contribution is 2.35. The molecule has 1 aromatic carbocycles. The molecule has 128 valence electrons. The number of nitrogens with two attached hydrogens (primary N) is 1. The number of alkyl halides is 3. The molecule has 3 rings (SSSR count). The maximum atomic E-state index is 12.5. The SMILES string of the molecule is Cl.NC1(C(=O)N2CCN(c3ccc(C(F)(F)F)cc3)CC2)CC1. The van der Waals surface area contributed by atoms with E-state index in [1.807, 2.05) is 4.90 Å². The van der Waals surface area contributed by atoms with Crippen molar-refractivity contribution < 1.29 is 18.0 Å². The van der Waals surface area contributed by atoms with E-state index in [2.05, 4.69) is 0 Å². The molecule has 1 saturated carbocycles. The zero-order chi connectivity index (χ0) is 16.0. The first-order valence-corrected chi connectivity index (χ1v) is 7.30. The van der Waals surface area contributed by atoms with E-state index in [9.17, 15) is 18.0 Å². The standard InChI is InChI=1S/C15H18F3N3O.ClH/c16-15(17,18)11-1-3-12(4-2-11)20-7-9-21(10-8-20)13(22)14(19)5-6-14;/h1-4H,5-10,19H2;1H. The highest BCUT2D eigenvalue weighted by Gasteiger charge is 2.48. The molecule has 2 N–H and O–H groups in total. The fourth-order valence-electron chi connectivity index (χ4n) is 2.69. The van der Waals surface area contributed by atoms with Gasteiger partial charge in [0.1, 0.15) is 0 Å². The monoisotopic (exact) mass is 349 g/mol. The molecule has 0 atom stereocenters. The van der Waals surface area contributed by atoms with E-state index < -0.39 is 17.3 Å². The number of nitrogens with zero attached hydrogens (tertiary/aromatic N) is 2. The molecule has 1 aliphatic carbocycles. The Labute approximate surface area is 138 Å². The van der Waals surface area contributed by atoms with Crippen LogP contribution < -0.4 is 10.6 Å². The first-order chi connectivity index (χ1) is 10.3. The lowest BCUT2D eigenvalue weighted by molar-refractivity contribution is -0.137. The van der Waals surface area contributed by atoms with Crippen molar-refractivity contribution in [1.29, 1.82) is 0 Å². The minimum absolute atomic E-state index is 0. The summed E-state index contributed by atoms with van der Waals surface area (Å²) in [6.45, 7) is 2.32. The average molecular weight is 350 g/mol. The van der Waals surface area contributed by atoms with Crippen molar-refractivity contribution in [2.24, 2.45) is 5.73 Å². The molecular weight excluding hydrogens is 331 g/mol. The second kappa shape index (κ2) is 6.20. The number of piperazine rings is 1. The van der Waals surface area contributed by atoms with Gasteiger partial charge in [0.05, 0.1) is 11.1 Å². The molecule has 0 unspecified atom stereocenters. The number of carbonyl (C=O) groups excluding carboxylic acids is 1. The third kappa shape index (κ3) is 3.72. The van der Waals surface area contributed by atoms with Gasteiger partial charge in [-0.1, -0.05) is 0 Å². The van der Waals surface area contributed by atoms with Gasteiger partial charge >= 0.3 is 6.18 Å². The number of benzene rings is 1. The second-order valence-corrected chi connectivity index (χ2v) is 5.98. The fraction of sp³-hybridized carbons (Fsp3) is 0.533. The summed E-state index contributed by atoms with van der Waals surface area (Å²) in [5, 5.41) is 0. The lowest BCUT2D eigenvalue weighted by Gasteiger charge is -2.37. The molecule has 4 nitrogen and oxygen atoms in total. The van der Waals surface area contributed by atoms with Crippen molar-refractivity contribution >= 4 is 24.0 Å². The van der Waals surface area contributed by atoms with Crippen LogP contribution >= 0.6 is 12.4 Å². The number of hydrogen-bond acceptors (Lipinski definition) is 3. The normalized spacial score (nSPS) is 20.0. The summed E-state index contributed by atoms with van der Waals surface area (Å²) in [5.74, 6) is -0.000399. The van der Waals surface area contributed by atoms with Gasteiger partial charge in [-0.3, -0.25) is 4.79 Å². The van der Waals surface area contributed by atoms with Gasteiger partial charge < -0.3 is 15.5 Å². The van der Waals surface area contributed by atoms with Crippen LogP contribution in [0.3, 0.4) is 0 Å². The predicted molar refractivity (Wildman–Crippen MR) is 83.6 cm³/mol. The Hall–Kier alpha value is -1.47. The van der Waals surface area contributed by atoms with E-state index in [-0.39, 0.29) is 18.3 Å². The highest BCUT2D eigenvalue weighted by atomic mass is 35.5. The summed E-state index contributed by atoms with van der Waals surface area (Å²) < 4.78 is 37.6. The molecule has 1 saturated heterocycles. The number of halogens is 4. The molecular formula is C15H19ClF3N3O. The van der Waals surface area contributed by atoms with E-state index in [0.717, 1.165) is 30.7 Å². The first kappa shape index (κ1) is 17.9. The second-order valence-electron chi connectivity index (χ2n) is 5.98. The number of carbonyl (C=O) groups is 1. The van der Waals surface area contributed by atoms with Crippen LogP contribution in [0.15, 0.2) is 24.3 Å². The first-order valence-electron chi connectivity index (χ1n) is 7.30. The minimum atomic E-state index is -4.32. The van der Waals surface area contributed by atoms with Gasteiger partial charge in [-0.2, -0.15) is 13.2 Å². The Morgan fingerprint density at radius 3 is 2.00 bits per heavy atom. The van der Waals surface area contributed by atoms with Crippen LogP contribution in [-0.2, 0) is 11.0 Å². The van der Waals surface area contributed by atoms with Crippen molar-refractivity contribution in [3.8, 4) is 0 Å². The van der Waals surface area contributed by atoms with Crippen LogP contribution in [-0.4, -0.2) is 42.5 Å². The van der Waals surface area contributed by atoms with Gasteiger partial charge in [0.2, 0.25) is 5.91 Å². The smallest absolute Gasteiger partial charge is 0.368 e. The molecule has 0 radical (unpaired) electrons. The van der Waals surface area contributed by atoms with E-state index in [0.29, 0.717) is 26.2 Å². The summed E-state index contributed by atoms with van der Waals surface area (Å²) in [6.07, 6.45) is -2.83. The average Bonchev–Trinajstić information content (AvgIpc) is 3.25. The van der Waals surface area contributed by atoms with E-state index >= 15 is 0 Å². The van der Waals surface area contributed by atoms with Gasteiger partial charge in [-0.25, -0.2) is 0 Å². The number of amides is 1. The Morgan fingerprint density at radius 1 is 1.04 bits per heavy atom. The number of anilines is 1. The summed E-state index contributed by atoms with van der Waals surface area (Å²) in [7, 11) is 0. The van der Waals surface area contributed by atoms with Crippen molar-refractivity contribution in [3.05, 3.63) is 29.8 Å². The van der Waals surface area contributed by atoms with Crippen LogP contribution in [0.2, 0.25) is 0 Å². The van der Waals surface area contributed by atoms with E-state index in [4.69, 9.17) is 5.73 Å². The Bertz CT molecular complexity index is 564. The van der Waals surface area contributed by atoms with E-state index in [1.54, 1.807) is 4.90 Å². The maximum Gasteiger partial charge on any atom is 0.416 e. The van der Waals surface area contributed by atoms with Crippen molar-refractivity contribution in [1.82, 2.24) is 4.90 Å². The molecule has 0 aromatic heterocycles. The fourth-order valence-corrected chi connectivity index (χ4v) is 2.69. The molecule has 1 aromatic rings. The molecule has 0 spiro atoms. The molecule has 1 amide bonds. The summed E-state index contributed by atoms with van der Waals surface area (Å²) in [6, 6.07) is 5.13. The van der Waals surface area contributed by atoms with Crippen molar-refractivity contribution in [2.45, 2.75) is 24.6 Å². The molecule has 2 aliphatic rings. The molecule has 1 heterocycles. The molecule has 1 aliphatic heterocycles. The van der Waals surface area contributed by atoms with Crippen LogP contribution in [0.1, 0.15) is 18.4 Å². The summed E-state index contributed by atoms with van der Waals surface area (Å²) >= 11 is 0. The topological polar surface area (TPSA) is 49.6 Å². The maximum absolute atomic E-state index is 12.5. The number of hydrogen-bond donors (Lipinski definition) is 1. The van der Waals surface area contributed by atoms with E-state index in [1.165, 1.54) is 12.1 Å². The molecule has 0 bridgehead atoms. The predicted octanol–water partition coefficient (Wildman–Crippen LogP) is 2.27. The number of rotatable bonds is 2. The zero-order valence-electron chi connectivity index (χ0n) is 12.5. The molecule has 2 fully saturated rings. The Balaban J connectivity index is 0.00000192. The van der Waals surface area contributed by atoms with Gasteiger partial charge in [0.15, 0.2) is 0 Å². The van der Waals surface area contributed by atoms with Gasteiger partial charge in [0.25, 0.3) is 0 Å². The lowest BCUT2D eigenvalue weighted by atomic mass is 10.1. The van der Waals surface area contributed by atoms with Gasteiger partial charge in [-0.15, -0.1) is 12.4 Å². The van der Waals surface area contributed by atoms with Crippen LogP contribution in [0.4, 0.5) is 18.9 Å². The van der Waals surface area contributed by atoms with Crippen LogP contribution in [0.25, 0.3) is 0 Å². The molecule has 23 heavy (non-hydrogen) atoms. The van der Waals surface area contributed by atoms with Crippen LogP contribution in [0, 0.1) is 0 Å². The third-order valence-corrected chi connectivity index (χ3v) is 4.34. The van der Waals surface area contributed by atoms with Crippen molar-refractivity contribution in [3.63, 3.8) is 0 Å². The highest BCUT2D eigenvalue weighted by molar-refractivity contribution is 5.89. The van der Waals surface area contributed by atoms with Crippen molar-refractivity contribution in [2.75, 3.05) is 31.1 Å². The Morgan fingerprint density at radius 2 is 1.57 bits per heavy atom. The summed E-state index contributed by atoms with van der Waals surface area (Å²) in [4.78, 5) is 15.9. The Kier molecular flexibility index (Phi) is 4.82. The largest absolute Gasteiger partial charge is 0.416 e. The van der Waals surface area contributed by atoms with Gasteiger partial charge in [0, 0.05) is 31.9 Å².